The number of hydrogen-bond acceptors (Lipinski definition) is 4. The summed E-state index contributed by atoms with van der Waals surface area (Å²) in [4.78, 5) is 36.3. The van der Waals surface area contributed by atoms with Gasteiger partial charge in [0.25, 0.3) is 0 Å². The van der Waals surface area contributed by atoms with Gasteiger partial charge in [-0.1, -0.05) is 44.2 Å². The van der Waals surface area contributed by atoms with Crippen LogP contribution in [0.2, 0.25) is 0 Å². The molecule has 0 heterocycles. The zero-order valence-corrected chi connectivity index (χ0v) is 15.4. The number of alkyl halides is 1. The van der Waals surface area contributed by atoms with Crippen molar-refractivity contribution in [2.45, 2.75) is 38.8 Å². The van der Waals surface area contributed by atoms with Crippen LogP contribution in [0.4, 0.5) is 0 Å². The third-order valence-corrected chi connectivity index (χ3v) is 3.93. The fourth-order valence-corrected chi connectivity index (χ4v) is 2.60. The van der Waals surface area contributed by atoms with Crippen LogP contribution in [-0.4, -0.2) is 42.1 Å². The Kier molecular flexibility index (Phi) is 9.16. The summed E-state index contributed by atoms with van der Waals surface area (Å²) in [6.45, 7) is 3.69. The average Bonchev–Trinajstić information content (AvgIpc) is 2.60. The molecule has 2 amide bonds. The van der Waals surface area contributed by atoms with E-state index in [1.165, 1.54) is 0 Å². The van der Waals surface area contributed by atoms with E-state index in [4.69, 9.17) is 17.3 Å². The maximum absolute atomic E-state index is 12.6. The molecular formula is C18H26ClN3O3. The molecule has 0 aliphatic rings. The Morgan fingerprint density at radius 2 is 1.72 bits per heavy atom. The monoisotopic (exact) mass is 367 g/mol. The van der Waals surface area contributed by atoms with E-state index in [0.29, 0.717) is 12.8 Å². The van der Waals surface area contributed by atoms with Crippen LogP contribution in [-0.2, 0) is 20.8 Å². The Balaban J connectivity index is 2.85. The summed E-state index contributed by atoms with van der Waals surface area (Å²) < 4.78 is 0. The standard InChI is InChI=1S/C18H26ClN3O3/c1-12(2)8-15(21-17(24)11-20)18(25)22-14(16(23)10-19)9-13-6-4-3-5-7-13/h3-7,12,14-15H,8-11,20H2,1-2H3,(H,21,24)(H,22,25)/t14-,15-/m0/s1. The van der Waals surface area contributed by atoms with Crippen molar-refractivity contribution in [3.63, 3.8) is 0 Å². The van der Waals surface area contributed by atoms with Gasteiger partial charge in [-0.25, -0.2) is 0 Å². The van der Waals surface area contributed by atoms with E-state index in [1.807, 2.05) is 44.2 Å². The second kappa shape index (κ2) is 10.8. The average molecular weight is 368 g/mol. The van der Waals surface area contributed by atoms with Gasteiger partial charge in [0.15, 0.2) is 5.78 Å². The van der Waals surface area contributed by atoms with Gasteiger partial charge in [0.1, 0.15) is 6.04 Å². The largest absolute Gasteiger partial charge is 0.344 e. The van der Waals surface area contributed by atoms with E-state index in [0.717, 1.165) is 5.56 Å². The number of halogens is 1. The first-order chi connectivity index (χ1) is 11.9. The summed E-state index contributed by atoms with van der Waals surface area (Å²) in [5, 5.41) is 5.33. The van der Waals surface area contributed by atoms with E-state index < -0.39 is 23.9 Å². The molecule has 1 aromatic carbocycles. The Hall–Kier alpha value is -1.92. The molecule has 0 unspecified atom stereocenters. The molecule has 0 aliphatic heterocycles. The van der Waals surface area contributed by atoms with Crippen molar-refractivity contribution in [2.75, 3.05) is 12.4 Å². The van der Waals surface area contributed by atoms with E-state index in [9.17, 15) is 14.4 Å². The molecule has 138 valence electrons. The van der Waals surface area contributed by atoms with Crippen molar-refractivity contribution >= 4 is 29.2 Å². The highest BCUT2D eigenvalue weighted by Crippen LogP contribution is 2.08. The predicted octanol–water partition coefficient (Wildman–Crippen LogP) is 1.01. The molecule has 7 heteroatoms. The second-order valence-corrected chi connectivity index (χ2v) is 6.57. The minimum Gasteiger partial charge on any atom is -0.344 e. The normalized spacial score (nSPS) is 13.2. The molecular weight excluding hydrogens is 342 g/mol. The first-order valence-corrected chi connectivity index (χ1v) is 8.83. The molecule has 0 spiro atoms. The highest BCUT2D eigenvalue weighted by atomic mass is 35.5. The lowest BCUT2D eigenvalue weighted by Gasteiger charge is -2.23. The van der Waals surface area contributed by atoms with Crippen molar-refractivity contribution < 1.29 is 14.4 Å². The Bertz CT molecular complexity index is 578. The minimum absolute atomic E-state index is 0.185. The topological polar surface area (TPSA) is 101 Å². The van der Waals surface area contributed by atoms with Gasteiger partial charge in [0.05, 0.1) is 18.5 Å². The third-order valence-electron chi connectivity index (χ3n) is 3.66. The second-order valence-electron chi connectivity index (χ2n) is 6.30. The smallest absolute Gasteiger partial charge is 0.243 e. The Morgan fingerprint density at radius 1 is 1.08 bits per heavy atom. The van der Waals surface area contributed by atoms with Gasteiger partial charge < -0.3 is 16.4 Å². The van der Waals surface area contributed by atoms with E-state index >= 15 is 0 Å². The molecule has 25 heavy (non-hydrogen) atoms. The van der Waals surface area contributed by atoms with Crippen molar-refractivity contribution in [2.24, 2.45) is 11.7 Å². The molecule has 0 bridgehead atoms. The predicted molar refractivity (Wildman–Crippen MR) is 98.2 cm³/mol. The number of Topliss-reactive ketones (excluding diaryl/α,β-unsaturated/α-hetero) is 1. The summed E-state index contributed by atoms with van der Waals surface area (Å²) in [6.07, 6.45) is 0.794. The lowest BCUT2D eigenvalue weighted by molar-refractivity contribution is -0.131. The molecule has 0 aliphatic carbocycles. The number of amides is 2. The molecule has 6 nitrogen and oxygen atoms in total. The number of nitrogens with one attached hydrogen (secondary N) is 2. The fraction of sp³-hybridized carbons (Fsp3) is 0.500. The van der Waals surface area contributed by atoms with Crippen molar-refractivity contribution in [1.82, 2.24) is 10.6 Å². The molecule has 1 aromatic rings. The van der Waals surface area contributed by atoms with Gasteiger partial charge in [0, 0.05) is 0 Å². The molecule has 0 saturated carbocycles. The van der Waals surface area contributed by atoms with Crippen LogP contribution in [0.25, 0.3) is 0 Å². The minimum atomic E-state index is -0.739. The van der Waals surface area contributed by atoms with Crippen molar-refractivity contribution in [1.29, 1.82) is 0 Å². The third kappa shape index (κ3) is 7.67. The molecule has 2 atom stereocenters. The Labute approximate surface area is 153 Å². The van der Waals surface area contributed by atoms with Crippen molar-refractivity contribution in [3.05, 3.63) is 35.9 Å². The van der Waals surface area contributed by atoms with Crippen LogP contribution in [0.5, 0.6) is 0 Å². The molecule has 0 radical (unpaired) electrons. The SMILES string of the molecule is CC(C)C[C@H](NC(=O)CN)C(=O)N[C@@H](Cc1ccccc1)C(=O)CCl. The zero-order valence-electron chi connectivity index (χ0n) is 14.6. The number of rotatable bonds is 10. The maximum atomic E-state index is 12.6. The van der Waals surface area contributed by atoms with E-state index in [1.54, 1.807) is 0 Å². The summed E-state index contributed by atoms with van der Waals surface area (Å²) in [5.41, 5.74) is 6.22. The first-order valence-electron chi connectivity index (χ1n) is 8.29. The molecule has 4 N–H and O–H groups in total. The summed E-state index contributed by atoms with van der Waals surface area (Å²) >= 11 is 5.68. The van der Waals surface area contributed by atoms with Crippen LogP contribution in [0.3, 0.4) is 0 Å². The first kappa shape index (κ1) is 21.1. The lowest BCUT2D eigenvalue weighted by Crippen LogP contribution is -2.53. The van der Waals surface area contributed by atoms with Crippen LogP contribution >= 0.6 is 11.6 Å². The van der Waals surface area contributed by atoms with E-state index in [-0.39, 0.29) is 24.1 Å². The number of carbonyl (C=O) groups is 3. The molecule has 0 aromatic heterocycles. The number of nitrogens with two attached hydrogens (primary N) is 1. The summed E-state index contributed by atoms with van der Waals surface area (Å²) in [5.74, 6) is -1.10. The molecule has 0 saturated heterocycles. The molecule has 1 rings (SSSR count). The number of ketones is 1. The fourth-order valence-electron chi connectivity index (χ4n) is 2.42. The van der Waals surface area contributed by atoms with Crippen LogP contribution < -0.4 is 16.4 Å². The zero-order chi connectivity index (χ0) is 18.8. The number of carbonyl (C=O) groups excluding carboxylic acids is 3. The van der Waals surface area contributed by atoms with Crippen LogP contribution in [0.1, 0.15) is 25.8 Å². The van der Waals surface area contributed by atoms with Gasteiger partial charge in [0.2, 0.25) is 11.8 Å². The summed E-state index contributed by atoms with van der Waals surface area (Å²) in [7, 11) is 0. The lowest BCUT2D eigenvalue weighted by atomic mass is 10.00. The van der Waals surface area contributed by atoms with Gasteiger partial charge >= 0.3 is 0 Å². The maximum Gasteiger partial charge on any atom is 0.243 e. The Morgan fingerprint density at radius 3 is 2.24 bits per heavy atom. The van der Waals surface area contributed by atoms with Gasteiger partial charge in [-0.2, -0.15) is 0 Å². The highest BCUT2D eigenvalue weighted by Gasteiger charge is 2.26. The van der Waals surface area contributed by atoms with Crippen LogP contribution in [0.15, 0.2) is 30.3 Å². The molecule has 0 fully saturated rings. The van der Waals surface area contributed by atoms with E-state index in [2.05, 4.69) is 10.6 Å². The summed E-state index contributed by atoms with van der Waals surface area (Å²) in [6, 6.07) is 7.88. The van der Waals surface area contributed by atoms with Crippen molar-refractivity contribution in [3.8, 4) is 0 Å². The number of hydrogen-bond donors (Lipinski definition) is 3. The van der Waals surface area contributed by atoms with Gasteiger partial charge in [-0.3, -0.25) is 14.4 Å². The quantitative estimate of drug-likeness (QED) is 0.537. The highest BCUT2D eigenvalue weighted by molar-refractivity contribution is 6.28. The number of benzene rings is 1. The van der Waals surface area contributed by atoms with Crippen LogP contribution in [0, 0.1) is 5.92 Å². The van der Waals surface area contributed by atoms with Gasteiger partial charge in [-0.05, 0) is 24.3 Å². The van der Waals surface area contributed by atoms with Gasteiger partial charge in [-0.15, -0.1) is 11.6 Å².